The van der Waals surface area contributed by atoms with E-state index in [-0.39, 0.29) is 13.0 Å². The van der Waals surface area contributed by atoms with Gasteiger partial charge in [0.2, 0.25) is 0 Å². The summed E-state index contributed by atoms with van der Waals surface area (Å²) in [5.41, 5.74) is 1.17. The number of aliphatic hydroxyl groups excluding tert-OH is 7. The zero-order valence-corrected chi connectivity index (χ0v) is 20.8. The van der Waals surface area contributed by atoms with Crippen molar-refractivity contribution < 1.29 is 54.7 Å². The molecule has 0 radical (unpaired) electrons. The molecule has 210 valence electrons. The second kappa shape index (κ2) is 13.2. The van der Waals surface area contributed by atoms with Crippen LogP contribution < -0.4 is 9.47 Å². The third-order valence-electron chi connectivity index (χ3n) is 6.84. The zero-order chi connectivity index (χ0) is 27.2. The molecule has 11 heteroatoms. The van der Waals surface area contributed by atoms with E-state index in [4.69, 9.17) is 18.9 Å². The van der Waals surface area contributed by atoms with E-state index < -0.39 is 61.5 Å². The molecular weight excluding hydrogens is 500 g/mol. The smallest absolute Gasteiger partial charge is 0.119 e. The Bertz CT molecular complexity index is 1020. The maximum Gasteiger partial charge on any atom is 0.119 e. The molecule has 4 rings (SSSR count). The summed E-state index contributed by atoms with van der Waals surface area (Å²) >= 11 is 0. The van der Waals surface area contributed by atoms with Crippen molar-refractivity contribution in [2.75, 3.05) is 26.4 Å². The molecule has 0 amide bonds. The van der Waals surface area contributed by atoms with Crippen molar-refractivity contribution in [1.29, 1.82) is 0 Å². The monoisotopic (exact) mass is 536 g/mol. The molecule has 0 aliphatic carbocycles. The first kappa shape index (κ1) is 28.7. The van der Waals surface area contributed by atoms with Gasteiger partial charge in [0.25, 0.3) is 0 Å². The Labute approximate surface area is 220 Å². The number of hydrogen-bond donors (Lipinski definition) is 7. The van der Waals surface area contributed by atoms with E-state index in [9.17, 15) is 35.7 Å². The molecule has 0 bridgehead atoms. The van der Waals surface area contributed by atoms with Crippen LogP contribution >= 0.6 is 0 Å². The molecule has 0 aromatic heterocycles. The van der Waals surface area contributed by atoms with E-state index in [2.05, 4.69) is 0 Å². The van der Waals surface area contributed by atoms with Gasteiger partial charge in [-0.25, -0.2) is 0 Å². The van der Waals surface area contributed by atoms with Crippen molar-refractivity contribution in [3.05, 3.63) is 59.7 Å². The van der Waals surface area contributed by atoms with E-state index in [1.807, 2.05) is 0 Å². The Morgan fingerprint density at radius 2 is 1.26 bits per heavy atom. The van der Waals surface area contributed by atoms with Gasteiger partial charge in [-0.15, -0.1) is 0 Å². The standard InChI is InChI=1S/C27H36O11/c28-13-19-12-20(30)22(31)26(37-19)15-4-1-6-17(10-15)35-8-3-9-36-18-7-2-5-16(11-18)27-25(34)24(33)23(32)21(14-29)38-27/h1-2,4-7,10-11,19-34H,3,8-9,12-14H2. The van der Waals surface area contributed by atoms with Crippen molar-refractivity contribution in [2.45, 2.75) is 67.8 Å². The van der Waals surface area contributed by atoms with Gasteiger partial charge in [0.1, 0.15) is 54.2 Å². The maximum absolute atomic E-state index is 10.4. The Kier molecular flexibility index (Phi) is 9.93. The van der Waals surface area contributed by atoms with E-state index >= 15 is 0 Å². The second-order valence-corrected chi connectivity index (χ2v) is 9.60. The van der Waals surface area contributed by atoms with E-state index in [0.29, 0.717) is 42.3 Å². The minimum atomic E-state index is -1.46. The van der Waals surface area contributed by atoms with Gasteiger partial charge >= 0.3 is 0 Å². The highest BCUT2D eigenvalue weighted by Gasteiger charge is 2.44. The summed E-state index contributed by atoms with van der Waals surface area (Å²) in [5.74, 6) is 1.07. The minimum Gasteiger partial charge on any atom is -0.493 e. The number of ether oxygens (including phenoxy) is 4. The molecule has 2 aromatic carbocycles. The summed E-state index contributed by atoms with van der Waals surface area (Å²) in [4.78, 5) is 0. The molecule has 0 spiro atoms. The van der Waals surface area contributed by atoms with Gasteiger partial charge in [0, 0.05) is 12.8 Å². The van der Waals surface area contributed by atoms with Crippen molar-refractivity contribution in [3.8, 4) is 11.5 Å². The van der Waals surface area contributed by atoms with Crippen LogP contribution in [0.2, 0.25) is 0 Å². The van der Waals surface area contributed by atoms with Gasteiger partial charge < -0.3 is 54.7 Å². The van der Waals surface area contributed by atoms with Crippen molar-refractivity contribution in [3.63, 3.8) is 0 Å². The van der Waals surface area contributed by atoms with Crippen LogP contribution in [-0.2, 0) is 9.47 Å². The Balaban J connectivity index is 1.28. The molecule has 0 saturated carbocycles. The Morgan fingerprint density at radius 1 is 0.684 bits per heavy atom. The Morgan fingerprint density at radius 3 is 1.82 bits per heavy atom. The van der Waals surface area contributed by atoms with Gasteiger partial charge in [0.05, 0.1) is 38.6 Å². The predicted molar refractivity (Wildman–Crippen MR) is 133 cm³/mol. The first-order valence-electron chi connectivity index (χ1n) is 12.7. The fourth-order valence-corrected chi connectivity index (χ4v) is 4.73. The van der Waals surface area contributed by atoms with Gasteiger partial charge in [-0.2, -0.15) is 0 Å². The van der Waals surface area contributed by atoms with E-state index in [0.717, 1.165) is 0 Å². The van der Waals surface area contributed by atoms with Gasteiger partial charge in [-0.1, -0.05) is 24.3 Å². The van der Waals surface area contributed by atoms with Crippen LogP contribution in [0, 0.1) is 0 Å². The fourth-order valence-electron chi connectivity index (χ4n) is 4.73. The lowest BCUT2D eigenvalue weighted by Gasteiger charge is -2.40. The third-order valence-corrected chi connectivity index (χ3v) is 6.84. The van der Waals surface area contributed by atoms with Crippen LogP contribution in [0.5, 0.6) is 11.5 Å². The summed E-state index contributed by atoms with van der Waals surface area (Å²) < 4.78 is 23.0. The molecule has 38 heavy (non-hydrogen) atoms. The summed E-state index contributed by atoms with van der Waals surface area (Å²) in [6, 6.07) is 13.8. The van der Waals surface area contributed by atoms with Crippen LogP contribution in [0.1, 0.15) is 36.2 Å². The molecular formula is C27H36O11. The molecule has 2 heterocycles. The lowest BCUT2D eigenvalue weighted by Crippen LogP contribution is -2.55. The van der Waals surface area contributed by atoms with Crippen LogP contribution in [0.15, 0.2) is 48.5 Å². The van der Waals surface area contributed by atoms with Crippen LogP contribution in [0.4, 0.5) is 0 Å². The lowest BCUT2D eigenvalue weighted by atomic mass is 9.91. The van der Waals surface area contributed by atoms with Crippen molar-refractivity contribution in [1.82, 2.24) is 0 Å². The number of aliphatic hydroxyl groups is 7. The topological polar surface area (TPSA) is 179 Å². The first-order valence-corrected chi connectivity index (χ1v) is 12.7. The highest BCUT2D eigenvalue weighted by atomic mass is 16.5. The van der Waals surface area contributed by atoms with Gasteiger partial charge in [-0.3, -0.25) is 0 Å². The first-order chi connectivity index (χ1) is 18.3. The van der Waals surface area contributed by atoms with Gasteiger partial charge in [-0.05, 0) is 35.4 Å². The number of benzene rings is 2. The molecule has 7 N–H and O–H groups in total. The molecule has 2 aliphatic rings. The maximum atomic E-state index is 10.4. The average molecular weight is 537 g/mol. The number of rotatable bonds is 10. The van der Waals surface area contributed by atoms with Crippen molar-refractivity contribution in [2.24, 2.45) is 0 Å². The minimum absolute atomic E-state index is 0.162. The molecule has 11 nitrogen and oxygen atoms in total. The molecule has 9 atom stereocenters. The third kappa shape index (κ3) is 6.63. The molecule has 2 fully saturated rings. The molecule has 2 aromatic rings. The highest BCUT2D eigenvalue weighted by Crippen LogP contribution is 2.35. The molecule has 9 unspecified atom stereocenters. The lowest BCUT2D eigenvalue weighted by molar-refractivity contribution is -0.231. The summed E-state index contributed by atoms with van der Waals surface area (Å²) in [5, 5.41) is 69.6. The van der Waals surface area contributed by atoms with Crippen LogP contribution in [-0.4, -0.2) is 105 Å². The summed E-state index contributed by atoms with van der Waals surface area (Å²) in [6.45, 7) is -0.0830. The largest absolute Gasteiger partial charge is 0.493 e. The molecule has 2 aliphatic heterocycles. The quantitative estimate of drug-likeness (QED) is 0.196. The molecule has 2 saturated heterocycles. The summed E-state index contributed by atoms with van der Waals surface area (Å²) in [7, 11) is 0. The second-order valence-electron chi connectivity index (χ2n) is 9.60. The summed E-state index contributed by atoms with van der Waals surface area (Å²) in [6.07, 6.45) is -8.91. The highest BCUT2D eigenvalue weighted by molar-refractivity contribution is 5.32. The fraction of sp³-hybridized carbons (Fsp3) is 0.556. The number of hydrogen-bond acceptors (Lipinski definition) is 11. The van der Waals surface area contributed by atoms with Crippen LogP contribution in [0.25, 0.3) is 0 Å². The normalized spacial score (nSPS) is 33.6. The predicted octanol–water partition coefficient (Wildman–Crippen LogP) is -0.406. The SMILES string of the molecule is OCC1CC(O)C(O)C(c2cccc(OCCCOc3cccc(C4OC(CO)C(O)C(O)C4O)c3)c2)O1. The zero-order valence-electron chi connectivity index (χ0n) is 20.8. The Hall–Kier alpha value is -2.32. The van der Waals surface area contributed by atoms with Crippen LogP contribution in [0.3, 0.4) is 0 Å². The average Bonchev–Trinajstić information content (AvgIpc) is 2.93. The van der Waals surface area contributed by atoms with Gasteiger partial charge in [0.15, 0.2) is 0 Å². The van der Waals surface area contributed by atoms with Crippen molar-refractivity contribution >= 4 is 0 Å². The van der Waals surface area contributed by atoms with E-state index in [1.54, 1.807) is 48.5 Å². The van der Waals surface area contributed by atoms with E-state index in [1.165, 1.54) is 0 Å².